The van der Waals surface area contributed by atoms with Gasteiger partial charge in [0.25, 0.3) is 0 Å². The van der Waals surface area contributed by atoms with Crippen LogP contribution in [0.4, 0.5) is 8.78 Å². The summed E-state index contributed by atoms with van der Waals surface area (Å²) < 4.78 is 49.7. The number of benzene rings is 1. The molecule has 0 atom stereocenters. The molecule has 1 aromatic carbocycles. The van der Waals surface area contributed by atoms with Crippen molar-refractivity contribution in [1.82, 2.24) is 0 Å². The summed E-state index contributed by atoms with van der Waals surface area (Å²) in [4.78, 5) is 9.63. The van der Waals surface area contributed by atoms with Gasteiger partial charge in [0.15, 0.2) is 21.5 Å². The van der Waals surface area contributed by atoms with Gasteiger partial charge >= 0.3 is 5.97 Å². The SMILES string of the molecule is O=C(O)c1cc(F)c(F)c(S(=O)(=O)C/C=C/Cl)c1. The minimum atomic E-state index is -4.18. The van der Waals surface area contributed by atoms with E-state index in [1.54, 1.807) is 0 Å². The number of sulfone groups is 1. The van der Waals surface area contributed by atoms with Crippen LogP contribution in [0.25, 0.3) is 0 Å². The Hall–Kier alpha value is -1.47. The first-order valence-corrected chi connectivity index (χ1v) is 6.59. The van der Waals surface area contributed by atoms with E-state index in [-0.39, 0.29) is 0 Å². The summed E-state index contributed by atoms with van der Waals surface area (Å²) in [5.74, 6) is -5.36. The molecule has 0 aliphatic carbocycles. The molecule has 0 aliphatic rings. The molecule has 0 unspecified atom stereocenters. The molecule has 0 saturated heterocycles. The number of aromatic carboxylic acids is 1. The van der Waals surface area contributed by atoms with Crippen molar-refractivity contribution < 1.29 is 27.1 Å². The summed E-state index contributed by atoms with van der Waals surface area (Å²) >= 11 is 5.14. The molecule has 0 fully saturated rings. The number of carboxylic acid groups (broad SMARTS) is 1. The quantitative estimate of drug-likeness (QED) is 0.924. The van der Waals surface area contributed by atoms with E-state index >= 15 is 0 Å². The predicted octanol–water partition coefficient (Wildman–Crippen LogP) is 2.19. The predicted molar refractivity (Wildman–Crippen MR) is 60.4 cm³/mol. The van der Waals surface area contributed by atoms with Gasteiger partial charge in [-0.05, 0) is 12.1 Å². The normalized spacial score (nSPS) is 11.9. The highest BCUT2D eigenvalue weighted by Gasteiger charge is 2.23. The van der Waals surface area contributed by atoms with Crippen molar-refractivity contribution >= 4 is 27.4 Å². The first-order chi connectivity index (χ1) is 8.29. The average Bonchev–Trinajstić information content (AvgIpc) is 2.29. The molecule has 0 amide bonds. The molecule has 0 aromatic heterocycles. The molecule has 0 bridgehead atoms. The Bertz CT molecular complexity index is 611. The van der Waals surface area contributed by atoms with Gasteiger partial charge in [-0.3, -0.25) is 0 Å². The molecule has 0 spiro atoms. The molecule has 0 radical (unpaired) electrons. The van der Waals surface area contributed by atoms with Crippen LogP contribution in [0.15, 0.2) is 28.6 Å². The van der Waals surface area contributed by atoms with E-state index in [0.29, 0.717) is 12.1 Å². The second-order valence-corrected chi connectivity index (χ2v) is 5.47. The first kappa shape index (κ1) is 14.6. The van der Waals surface area contributed by atoms with Crippen LogP contribution in [-0.4, -0.2) is 25.2 Å². The Labute approximate surface area is 106 Å². The van der Waals surface area contributed by atoms with Gasteiger partial charge in [0.2, 0.25) is 0 Å². The number of rotatable bonds is 4. The van der Waals surface area contributed by atoms with Crippen molar-refractivity contribution in [3.63, 3.8) is 0 Å². The fourth-order valence-electron chi connectivity index (χ4n) is 1.17. The zero-order chi connectivity index (χ0) is 13.9. The van der Waals surface area contributed by atoms with Crippen molar-refractivity contribution in [2.45, 2.75) is 4.90 Å². The van der Waals surface area contributed by atoms with Crippen LogP contribution in [-0.2, 0) is 9.84 Å². The minimum absolute atomic E-state index is 0.411. The molecule has 98 valence electrons. The molecule has 0 saturated carbocycles. The zero-order valence-electron chi connectivity index (χ0n) is 8.73. The molecule has 18 heavy (non-hydrogen) atoms. The second-order valence-electron chi connectivity index (χ2n) is 3.22. The maximum atomic E-state index is 13.4. The van der Waals surface area contributed by atoms with Gasteiger partial charge in [0, 0.05) is 5.54 Å². The summed E-state index contributed by atoms with van der Waals surface area (Å²) in [6.07, 6.45) is 1.02. The van der Waals surface area contributed by atoms with Crippen molar-refractivity contribution in [3.8, 4) is 0 Å². The maximum Gasteiger partial charge on any atom is 0.335 e. The van der Waals surface area contributed by atoms with Crippen LogP contribution in [0.1, 0.15) is 10.4 Å². The Balaban J connectivity index is 3.44. The van der Waals surface area contributed by atoms with Crippen LogP contribution in [0.5, 0.6) is 0 Å². The van der Waals surface area contributed by atoms with E-state index in [9.17, 15) is 22.0 Å². The average molecular weight is 297 g/mol. The van der Waals surface area contributed by atoms with E-state index in [2.05, 4.69) is 0 Å². The number of hydrogen-bond donors (Lipinski definition) is 1. The monoisotopic (exact) mass is 296 g/mol. The Morgan fingerprint density at radius 1 is 1.39 bits per heavy atom. The minimum Gasteiger partial charge on any atom is -0.478 e. The van der Waals surface area contributed by atoms with Crippen LogP contribution in [0.3, 0.4) is 0 Å². The molecule has 8 heteroatoms. The highest BCUT2D eigenvalue weighted by Crippen LogP contribution is 2.21. The molecular formula is C10H7ClF2O4S. The Morgan fingerprint density at radius 3 is 2.50 bits per heavy atom. The van der Waals surface area contributed by atoms with Gasteiger partial charge < -0.3 is 5.11 Å². The zero-order valence-corrected chi connectivity index (χ0v) is 10.3. The topological polar surface area (TPSA) is 71.4 Å². The summed E-state index contributed by atoms with van der Waals surface area (Å²) in [5.41, 5.74) is 0.259. The number of carboxylic acids is 1. The Morgan fingerprint density at radius 2 is 2.00 bits per heavy atom. The fraction of sp³-hybridized carbons (Fsp3) is 0.100. The third kappa shape index (κ3) is 3.05. The summed E-state index contributed by atoms with van der Waals surface area (Å²) in [7, 11) is -4.18. The summed E-state index contributed by atoms with van der Waals surface area (Å²) in [6, 6.07) is 0.978. The molecule has 1 rings (SSSR count). The lowest BCUT2D eigenvalue weighted by molar-refractivity contribution is 0.0696. The number of halogens is 3. The van der Waals surface area contributed by atoms with E-state index in [1.165, 1.54) is 0 Å². The molecule has 4 nitrogen and oxygen atoms in total. The highest BCUT2D eigenvalue weighted by molar-refractivity contribution is 7.91. The third-order valence-corrected chi connectivity index (χ3v) is 3.76. The lowest BCUT2D eigenvalue weighted by Gasteiger charge is -2.05. The Kier molecular flexibility index (Phi) is 4.42. The lowest BCUT2D eigenvalue weighted by Crippen LogP contribution is -2.11. The molecule has 1 N–H and O–H groups in total. The van der Waals surface area contributed by atoms with Crippen molar-refractivity contribution in [3.05, 3.63) is 40.9 Å². The largest absolute Gasteiger partial charge is 0.478 e. The number of carbonyl (C=O) groups is 1. The highest BCUT2D eigenvalue weighted by atomic mass is 35.5. The molecule has 0 heterocycles. The van der Waals surface area contributed by atoms with Crippen LogP contribution < -0.4 is 0 Å². The molecule has 1 aromatic rings. The first-order valence-electron chi connectivity index (χ1n) is 4.50. The van der Waals surface area contributed by atoms with Crippen LogP contribution in [0.2, 0.25) is 0 Å². The van der Waals surface area contributed by atoms with Crippen molar-refractivity contribution in [2.24, 2.45) is 0 Å². The smallest absolute Gasteiger partial charge is 0.335 e. The van der Waals surface area contributed by atoms with Gasteiger partial charge in [-0.25, -0.2) is 22.0 Å². The fourth-order valence-corrected chi connectivity index (χ4v) is 2.57. The van der Waals surface area contributed by atoms with E-state index < -0.39 is 43.7 Å². The van der Waals surface area contributed by atoms with E-state index in [1.807, 2.05) is 0 Å². The van der Waals surface area contributed by atoms with Gasteiger partial charge in [-0.2, -0.15) is 0 Å². The van der Waals surface area contributed by atoms with Crippen LogP contribution >= 0.6 is 11.6 Å². The summed E-state index contributed by atoms with van der Waals surface area (Å²) in [5, 5.41) is 8.65. The maximum absolute atomic E-state index is 13.4. The van der Waals surface area contributed by atoms with Gasteiger partial charge in [-0.15, -0.1) is 0 Å². The molecule has 0 aliphatic heterocycles. The summed E-state index contributed by atoms with van der Waals surface area (Å²) in [6.45, 7) is 0. The third-order valence-electron chi connectivity index (χ3n) is 1.98. The van der Waals surface area contributed by atoms with Gasteiger partial charge in [0.05, 0.1) is 11.3 Å². The van der Waals surface area contributed by atoms with E-state index in [4.69, 9.17) is 16.7 Å². The number of hydrogen-bond acceptors (Lipinski definition) is 3. The van der Waals surface area contributed by atoms with Crippen molar-refractivity contribution in [1.29, 1.82) is 0 Å². The van der Waals surface area contributed by atoms with E-state index in [0.717, 1.165) is 11.6 Å². The van der Waals surface area contributed by atoms with Crippen LogP contribution in [0, 0.1) is 11.6 Å². The molecular weight excluding hydrogens is 290 g/mol. The van der Waals surface area contributed by atoms with Crippen molar-refractivity contribution in [2.75, 3.05) is 5.75 Å². The second kappa shape index (κ2) is 5.45. The standard InChI is InChI=1S/C10H7ClF2O4S/c11-2-1-3-18(16,17)8-5-6(10(14)15)4-7(12)9(8)13/h1-2,4-5H,3H2,(H,14,15)/b2-1+. The van der Waals surface area contributed by atoms with Gasteiger partial charge in [-0.1, -0.05) is 17.7 Å². The van der Waals surface area contributed by atoms with Gasteiger partial charge in [0.1, 0.15) is 4.90 Å². The lowest BCUT2D eigenvalue weighted by atomic mass is 10.2.